The van der Waals surface area contributed by atoms with Crippen LogP contribution in [0.1, 0.15) is 21.9 Å². The van der Waals surface area contributed by atoms with E-state index in [2.05, 4.69) is 36.7 Å². The van der Waals surface area contributed by atoms with Gasteiger partial charge < -0.3 is 0 Å². The lowest BCUT2D eigenvalue weighted by molar-refractivity contribution is -0.142. The summed E-state index contributed by atoms with van der Waals surface area (Å²) < 4.78 is 39.4. The minimum Gasteiger partial charge on any atom is -0.271 e. The first kappa shape index (κ1) is 17.2. The second kappa shape index (κ2) is 6.52. The van der Waals surface area contributed by atoms with Crippen LogP contribution in [0, 0.1) is 6.92 Å². The van der Waals surface area contributed by atoms with Gasteiger partial charge in [-0.05, 0) is 28.9 Å². The largest absolute Gasteiger partial charge is 0.408 e. The molecule has 0 aromatic carbocycles. The third-order valence-corrected chi connectivity index (χ3v) is 3.79. The van der Waals surface area contributed by atoms with Crippen molar-refractivity contribution in [1.29, 1.82) is 0 Å². The molecular weight excluding hydrogens is 381 g/mol. The van der Waals surface area contributed by atoms with E-state index in [4.69, 9.17) is 0 Å². The lowest BCUT2D eigenvalue weighted by atomic mass is 10.3. The van der Waals surface area contributed by atoms with E-state index in [-0.39, 0.29) is 11.4 Å². The fraction of sp³-hybridized carbons (Fsp3) is 0.333. The summed E-state index contributed by atoms with van der Waals surface area (Å²) in [4.78, 5) is 11.9. The SMILES string of the molecule is Cc1c(Br)c(C(=O)N/N=C/c2ccn(CC(F)(F)F)n2)nn1C. The first-order valence-electron chi connectivity index (χ1n) is 6.30. The van der Waals surface area contributed by atoms with E-state index in [1.54, 1.807) is 14.0 Å². The summed E-state index contributed by atoms with van der Waals surface area (Å²) in [6.45, 7) is 0.595. The molecule has 11 heteroatoms. The summed E-state index contributed by atoms with van der Waals surface area (Å²) in [7, 11) is 1.69. The van der Waals surface area contributed by atoms with Crippen molar-refractivity contribution in [2.45, 2.75) is 19.6 Å². The summed E-state index contributed by atoms with van der Waals surface area (Å²) in [6, 6.07) is 1.35. The van der Waals surface area contributed by atoms with Crippen LogP contribution < -0.4 is 5.43 Å². The highest BCUT2D eigenvalue weighted by molar-refractivity contribution is 9.10. The van der Waals surface area contributed by atoms with Crippen molar-refractivity contribution in [2.75, 3.05) is 0 Å². The van der Waals surface area contributed by atoms with Gasteiger partial charge in [-0.15, -0.1) is 0 Å². The molecule has 2 heterocycles. The van der Waals surface area contributed by atoms with Gasteiger partial charge in [0, 0.05) is 13.2 Å². The lowest BCUT2D eigenvalue weighted by Crippen LogP contribution is -2.19. The summed E-state index contributed by atoms with van der Waals surface area (Å²) in [5, 5.41) is 11.3. The van der Waals surface area contributed by atoms with Crippen LogP contribution in [0.5, 0.6) is 0 Å². The van der Waals surface area contributed by atoms with Gasteiger partial charge >= 0.3 is 6.18 Å². The number of amides is 1. The predicted molar refractivity (Wildman–Crippen MR) is 79.0 cm³/mol. The highest BCUT2D eigenvalue weighted by Crippen LogP contribution is 2.19. The van der Waals surface area contributed by atoms with Gasteiger partial charge in [0.2, 0.25) is 0 Å². The monoisotopic (exact) mass is 392 g/mol. The standard InChI is InChI=1S/C12H12BrF3N6O/c1-7-9(13)10(20-21(7)2)11(23)18-17-5-8-3-4-22(19-8)6-12(14,15)16/h3-5H,6H2,1-2H3,(H,18,23)/b17-5+. The van der Waals surface area contributed by atoms with Crippen molar-refractivity contribution in [2.24, 2.45) is 12.1 Å². The zero-order valence-corrected chi connectivity index (χ0v) is 13.7. The average Bonchev–Trinajstić information content (AvgIpc) is 2.97. The lowest BCUT2D eigenvalue weighted by Gasteiger charge is -2.04. The second-order valence-electron chi connectivity index (χ2n) is 4.62. The number of alkyl halides is 3. The van der Waals surface area contributed by atoms with Crippen molar-refractivity contribution >= 4 is 28.1 Å². The molecule has 0 aliphatic heterocycles. The van der Waals surface area contributed by atoms with Crippen LogP contribution in [0.15, 0.2) is 21.8 Å². The molecule has 0 spiro atoms. The maximum Gasteiger partial charge on any atom is 0.408 e. The number of halogens is 4. The van der Waals surface area contributed by atoms with E-state index < -0.39 is 18.6 Å². The number of aryl methyl sites for hydroxylation is 1. The number of rotatable bonds is 4. The molecule has 124 valence electrons. The summed E-state index contributed by atoms with van der Waals surface area (Å²) in [6.07, 6.45) is -2.03. The Morgan fingerprint density at radius 1 is 1.48 bits per heavy atom. The van der Waals surface area contributed by atoms with Gasteiger partial charge in [0.05, 0.1) is 16.4 Å². The molecule has 0 aliphatic rings. The molecule has 0 bridgehead atoms. The zero-order chi connectivity index (χ0) is 17.2. The maximum absolute atomic E-state index is 12.2. The normalized spacial score (nSPS) is 12.1. The van der Waals surface area contributed by atoms with Crippen molar-refractivity contribution in [3.05, 3.63) is 33.8 Å². The molecule has 2 rings (SSSR count). The summed E-state index contributed by atoms with van der Waals surface area (Å²) in [5.41, 5.74) is 3.35. The zero-order valence-electron chi connectivity index (χ0n) is 12.1. The van der Waals surface area contributed by atoms with E-state index in [9.17, 15) is 18.0 Å². The van der Waals surface area contributed by atoms with Gasteiger partial charge in [-0.25, -0.2) is 5.43 Å². The van der Waals surface area contributed by atoms with E-state index in [0.29, 0.717) is 4.47 Å². The van der Waals surface area contributed by atoms with Crippen molar-refractivity contribution in [3.63, 3.8) is 0 Å². The van der Waals surface area contributed by atoms with E-state index in [0.717, 1.165) is 16.6 Å². The highest BCUT2D eigenvalue weighted by atomic mass is 79.9. The van der Waals surface area contributed by atoms with Gasteiger partial charge in [-0.1, -0.05) is 0 Å². The maximum atomic E-state index is 12.2. The van der Waals surface area contributed by atoms with Crippen molar-refractivity contribution in [3.8, 4) is 0 Å². The number of nitrogens with one attached hydrogen (secondary N) is 1. The fourth-order valence-corrected chi connectivity index (χ4v) is 2.17. The van der Waals surface area contributed by atoms with Crippen LogP contribution in [0.2, 0.25) is 0 Å². The third kappa shape index (κ3) is 4.41. The number of hydrogen-bond donors (Lipinski definition) is 1. The van der Waals surface area contributed by atoms with Crippen LogP contribution in [0.25, 0.3) is 0 Å². The Labute approximate surface area is 137 Å². The molecule has 0 aliphatic carbocycles. The molecule has 0 saturated carbocycles. The average molecular weight is 393 g/mol. The van der Waals surface area contributed by atoms with Gasteiger partial charge in [0.1, 0.15) is 12.2 Å². The van der Waals surface area contributed by atoms with Crippen molar-refractivity contribution in [1.82, 2.24) is 25.0 Å². The smallest absolute Gasteiger partial charge is 0.271 e. The Morgan fingerprint density at radius 3 is 2.74 bits per heavy atom. The molecular formula is C12H12BrF3N6O. The third-order valence-electron chi connectivity index (χ3n) is 2.84. The van der Waals surface area contributed by atoms with Crippen LogP contribution in [0.3, 0.4) is 0 Å². The Hall–Kier alpha value is -2.17. The Kier molecular flexibility index (Phi) is 4.88. The van der Waals surface area contributed by atoms with Crippen LogP contribution in [-0.2, 0) is 13.6 Å². The Balaban J connectivity index is 1.99. The minimum absolute atomic E-state index is 0.157. The number of hydrogen-bond acceptors (Lipinski definition) is 4. The molecule has 0 radical (unpaired) electrons. The van der Waals surface area contributed by atoms with Gasteiger partial charge in [0.15, 0.2) is 5.69 Å². The van der Waals surface area contributed by atoms with E-state index >= 15 is 0 Å². The Morgan fingerprint density at radius 2 is 2.17 bits per heavy atom. The topological polar surface area (TPSA) is 77.1 Å². The molecule has 7 nitrogen and oxygen atoms in total. The molecule has 1 amide bonds. The van der Waals surface area contributed by atoms with Crippen LogP contribution in [0.4, 0.5) is 13.2 Å². The highest BCUT2D eigenvalue weighted by Gasteiger charge is 2.28. The number of aromatic nitrogens is 4. The first-order valence-corrected chi connectivity index (χ1v) is 7.09. The van der Waals surface area contributed by atoms with Crippen molar-refractivity contribution < 1.29 is 18.0 Å². The molecule has 2 aromatic heterocycles. The molecule has 0 saturated heterocycles. The molecule has 0 fully saturated rings. The van der Waals surface area contributed by atoms with Crippen LogP contribution >= 0.6 is 15.9 Å². The van der Waals surface area contributed by atoms with Gasteiger partial charge in [-0.3, -0.25) is 14.2 Å². The minimum atomic E-state index is -4.35. The van der Waals surface area contributed by atoms with E-state index in [1.807, 2.05) is 0 Å². The fourth-order valence-electron chi connectivity index (χ4n) is 1.66. The molecule has 0 unspecified atom stereocenters. The number of nitrogens with zero attached hydrogens (tertiary/aromatic N) is 5. The van der Waals surface area contributed by atoms with Crippen LogP contribution in [-0.4, -0.2) is 37.9 Å². The number of carbonyl (C=O) groups excluding carboxylic acids is 1. The molecule has 2 aromatic rings. The quantitative estimate of drug-likeness (QED) is 0.638. The molecule has 23 heavy (non-hydrogen) atoms. The molecule has 0 atom stereocenters. The number of hydrazone groups is 1. The van der Waals surface area contributed by atoms with E-state index in [1.165, 1.54) is 16.9 Å². The first-order chi connectivity index (χ1) is 10.7. The predicted octanol–water partition coefficient (Wildman–Crippen LogP) is 2.01. The van der Waals surface area contributed by atoms with Gasteiger partial charge in [-0.2, -0.15) is 28.5 Å². The summed E-state index contributed by atoms with van der Waals surface area (Å²) in [5.74, 6) is -0.549. The van der Waals surface area contributed by atoms with Gasteiger partial charge in [0.25, 0.3) is 5.91 Å². The second-order valence-corrected chi connectivity index (χ2v) is 5.42. The Bertz CT molecular complexity index is 749. The summed E-state index contributed by atoms with van der Waals surface area (Å²) >= 11 is 3.25. The molecule has 1 N–H and O–H groups in total. The number of carbonyl (C=O) groups is 1.